The zero-order valence-electron chi connectivity index (χ0n) is 24.6. The number of hydrogen-bond acceptors (Lipinski definition) is 4. The number of sulfonamides is 1. The second kappa shape index (κ2) is 14.6. The van der Waals surface area contributed by atoms with Crippen molar-refractivity contribution in [2.75, 3.05) is 17.1 Å². The van der Waals surface area contributed by atoms with Gasteiger partial charge in [-0.25, -0.2) is 17.2 Å². The summed E-state index contributed by atoms with van der Waals surface area (Å²) in [5.41, 5.74) is 2.82. The van der Waals surface area contributed by atoms with Gasteiger partial charge in [0, 0.05) is 38.0 Å². The van der Waals surface area contributed by atoms with Gasteiger partial charge >= 0.3 is 0 Å². The first-order chi connectivity index (χ1) is 20.5. The molecule has 230 valence electrons. The number of benzene rings is 3. The molecule has 0 heterocycles. The topological polar surface area (TPSA) is 86.8 Å². The highest BCUT2D eigenvalue weighted by molar-refractivity contribution is 7.92. The van der Waals surface area contributed by atoms with Crippen LogP contribution in [-0.4, -0.2) is 50.0 Å². The van der Waals surface area contributed by atoms with Crippen LogP contribution in [0.3, 0.4) is 0 Å². The van der Waals surface area contributed by atoms with Crippen LogP contribution < -0.4 is 9.62 Å². The van der Waals surface area contributed by atoms with Gasteiger partial charge in [0.2, 0.25) is 21.8 Å². The van der Waals surface area contributed by atoms with E-state index in [1.54, 1.807) is 4.90 Å². The Kier molecular flexibility index (Phi) is 10.9. The number of amides is 2. The van der Waals surface area contributed by atoms with Gasteiger partial charge in [0.05, 0.1) is 11.9 Å². The van der Waals surface area contributed by atoms with Crippen molar-refractivity contribution in [3.8, 4) is 0 Å². The number of hydrogen-bond donors (Lipinski definition) is 1. The normalized spacial score (nSPS) is 14.3. The predicted molar refractivity (Wildman–Crippen MR) is 164 cm³/mol. The van der Waals surface area contributed by atoms with E-state index in [1.165, 1.54) is 6.07 Å². The van der Waals surface area contributed by atoms with Crippen molar-refractivity contribution >= 4 is 27.5 Å². The fourth-order valence-corrected chi connectivity index (χ4v) is 6.41. The minimum absolute atomic E-state index is 0.0248. The molecule has 1 aliphatic rings. The minimum Gasteiger partial charge on any atom is -0.352 e. The van der Waals surface area contributed by atoms with Gasteiger partial charge in [-0.1, -0.05) is 73.0 Å². The Labute approximate surface area is 252 Å². The monoisotopic (exact) mass is 611 g/mol. The summed E-state index contributed by atoms with van der Waals surface area (Å²) in [5, 5.41) is 3.17. The zero-order chi connectivity index (χ0) is 31.0. The first-order valence-corrected chi connectivity index (χ1v) is 16.5. The molecule has 2 amide bonds. The van der Waals surface area contributed by atoms with E-state index in [0.717, 1.165) is 65.1 Å². The molecule has 1 saturated carbocycles. The molecule has 10 heteroatoms. The molecule has 43 heavy (non-hydrogen) atoms. The smallest absolute Gasteiger partial charge is 0.243 e. The number of rotatable bonds is 13. The van der Waals surface area contributed by atoms with Crippen LogP contribution in [0.4, 0.5) is 14.5 Å². The predicted octanol–water partition coefficient (Wildman–Crippen LogP) is 5.52. The summed E-state index contributed by atoms with van der Waals surface area (Å²) in [7, 11) is -3.85. The summed E-state index contributed by atoms with van der Waals surface area (Å²) in [5.74, 6) is -2.76. The maximum atomic E-state index is 13.9. The third-order valence-corrected chi connectivity index (χ3v) is 8.98. The van der Waals surface area contributed by atoms with Crippen LogP contribution in [0, 0.1) is 18.6 Å². The van der Waals surface area contributed by atoms with Crippen LogP contribution in [0.25, 0.3) is 0 Å². The quantitative estimate of drug-likeness (QED) is 0.276. The third-order valence-electron chi connectivity index (χ3n) is 7.79. The van der Waals surface area contributed by atoms with Crippen molar-refractivity contribution in [3.05, 3.63) is 101 Å². The minimum atomic E-state index is -3.85. The number of carbonyl (C=O) groups excluding carboxylic acids is 2. The fourth-order valence-electron chi connectivity index (χ4n) is 5.46. The lowest BCUT2D eigenvalue weighted by Crippen LogP contribution is -2.52. The number of nitrogens with one attached hydrogen (secondary N) is 1. The van der Waals surface area contributed by atoms with E-state index in [0.29, 0.717) is 6.42 Å². The van der Waals surface area contributed by atoms with Crippen molar-refractivity contribution in [1.82, 2.24) is 10.2 Å². The molecule has 7 nitrogen and oxygen atoms in total. The lowest BCUT2D eigenvalue weighted by atomic mass is 10.0. The highest BCUT2D eigenvalue weighted by Crippen LogP contribution is 2.23. The molecule has 1 fully saturated rings. The van der Waals surface area contributed by atoms with Crippen molar-refractivity contribution in [2.45, 2.75) is 70.5 Å². The molecular weight excluding hydrogens is 572 g/mol. The van der Waals surface area contributed by atoms with E-state index in [9.17, 15) is 26.8 Å². The Morgan fingerprint density at radius 3 is 2.23 bits per heavy atom. The van der Waals surface area contributed by atoms with Gasteiger partial charge < -0.3 is 10.2 Å². The van der Waals surface area contributed by atoms with E-state index in [1.807, 2.05) is 61.5 Å². The Hall–Kier alpha value is -3.79. The molecule has 3 aromatic rings. The fraction of sp³-hybridized carbons (Fsp3) is 0.394. The van der Waals surface area contributed by atoms with Gasteiger partial charge in [-0.3, -0.25) is 13.9 Å². The van der Waals surface area contributed by atoms with Gasteiger partial charge in [0.25, 0.3) is 0 Å². The lowest BCUT2D eigenvalue weighted by Gasteiger charge is -2.33. The maximum Gasteiger partial charge on any atom is 0.243 e. The zero-order valence-corrected chi connectivity index (χ0v) is 25.5. The largest absolute Gasteiger partial charge is 0.352 e. The molecule has 1 N–H and O–H groups in total. The van der Waals surface area contributed by atoms with Gasteiger partial charge in [0.1, 0.15) is 6.04 Å². The molecule has 1 aliphatic carbocycles. The maximum absolute atomic E-state index is 13.9. The van der Waals surface area contributed by atoms with Crippen molar-refractivity contribution in [2.24, 2.45) is 0 Å². The van der Waals surface area contributed by atoms with Crippen LogP contribution in [0.1, 0.15) is 55.2 Å². The molecular formula is C33H39F2N3O4S. The molecule has 0 spiro atoms. The van der Waals surface area contributed by atoms with Crippen molar-refractivity contribution in [3.63, 3.8) is 0 Å². The molecule has 0 unspecified atom stereocenters. The molecule has 4 rings (SSSR count). The van der Waals surface area contributed by atoms with E-state index in [-0.39, 0.29) is 49.5 Å². The van der Waals surface area contributed by atoms with Gasteiger partial charge in [0.15, 0.2) is 11.6 Å². The van der Waals surface area contributed by atoms with Crippen LogP contribution in [0.2, 0.25) is 0 Å². The molecule has 0 bridgehead atoms. The number of carbonyl (C=O) groups is 2. The van der Waals surface area contributed by atoms with Crippen molar-refractivity contribution < 1.29 is 26.8 Å². The van der Waals surface area contributed by atoms with Crippen LogP contribution in [0.5, 0.6) is 0 Å². The summed E-state index contributed by atoms with van der Waals surface area (Å²) in [6.45, 7) is 2.06. The number of aryl methyl sites for hydroxylation is 1. The van der Waals surface area contributed by atoms with Crippen LogP contribution in [-0.2, 0) is 32.6 Å². The highest BCUT2D eigenvalue weighted by atomic mass is 32.2. The Bertz CT molecular complexity index is 1490. The van der Waals surface area contributed by atoms with E-state index >= 15 is 0 Å². The van der Waals surface area contributed by atoms with Gasteiger partial charge in [-0.15, -0.1) is 0 Å². The Morgan fingerprint density at radius 2 is 1.60 bits per heavy atom. The third kappa shape index (κ3) is 9.10. The molecule has 0 aliphatic heterocycles. The number of anilines is 1. The molecule has 1 atom stereocenters. The summed E-state index contributed by atoms with van der Waals surface area (Å²) in [4.78, 5) is 29.3. The van der Waals surface area contributed by atoms with E-state index in [2.05, 4.69) is 5.32 Å². The van der Waals surface area contributed by atoms with E-state index < -0.39 is 27.7 Å². The van der Waals surface area contributed by atoms with Crippen LogP contribution in [0.15, 0.2) is 72.8 Å². The first-order valence-electron chi connectivity index (χ1n) is 14.6. The standard InChI is InChI=1S/C33H39F2N3O4S/c1-24-14-16-26(17-15-24)23-37(31(21-25-9-4-3-5-10-25)33(40)36-27-11-6-7-12-27)32(39)13-8-20-38(43(2,41)42)28-18-19-29(34)30(35)22-28/h3-5,9-10,14-19,22,27,31H,6-8,11-13,20-21,23H2,1-2H3,(H,36,40)/t31-/m0/s1. The summed E-state index contributed by atoms with van der Waals surface area (Å²) >= 11 is 0. The average Bonchev–Trinajstić information content (AvgIpc) is 3.48. The second-order valence-corrected chi connectivity index (χ2v) is 13.1. The second-order valence-electron chi connectivity index (χ2n) is 11.2. The molecule has 3 aromatic carbocycles. The number of nitrogens with zero attached hydrogens (tertiary/aromatic N) is 2. The Morgan fingerprint density at radius 1 is 0.930 bits per heavy atom. The lowest BCUT2D eigenvalue weighted by molar-refractivity contribution is -0.141. The van der Waals surface area contributed by atoms with Gasteiger partial charge in [-0.2, -0.15) is 0 Å². The van der Waals surface area contributed by atoms with Crippen LogP contribution >= 0.6 is 0 Å². The van der Waals surface area contributed by atoms with E-state index in [4.69, 9.17) is 0 Å². The Balaban J connectivity index is 1.58. The average molecular weight is 612 g/mol. The SMILES string of the molecule is Cc1ccc(CN(C(=O)CCCN(c2ccc(F)c(F)c2)S(C)(=O)=O)[C@@H](Cc2ccccc2)C(=O)NC2CCCC2)cc1. The summed E-state index contributed by atoms with van der Waals surface area (Å²) in [6.07, 6.45) is 5.26. The molecule has 0 radical (unpaired) electrons. The first kappa shape index (κ1) is 32.1. The number of halogens is 2. The summed E-state index contributed by atoms with van der Waals surface area (Å²) < 4.78 is 53.4. The summed E-state index contributed by atoms with van der Waals surface area (Å²) in [6, 6.07) is 19.5. The molecule has 0 aromatic heterocycles. The van der Waals surface area contributed by atoms with Crippen molar-refractivity contribution in [1.29, 1.82) is 0 Å². The highest BCUT2D eigenvalue weighted by Gasteiger charge is 2.32. The molecule has 0 saturated heterocycles. The van der Waals surface area contributed by atoms with Gasteiger partial charge in [-0.05, 0) is 49.4 Å².